The number of methoxy groups -OCH3 is 1. The highest BCUT2D eigenvalue weighted by Gasteiger charge is 2.25. The van der Waals surface area contributed by atoms with Gasteiger partial charge in [0, 0.05) is 41.9 Å². The number of nitrogens with one attached hydrogen (secondary N) is 1. The van der Waals surface area contributed by atoms with Crippen molar-refractivity contribution in [2.45, 2.75) is 13.0 Å². The van der Waals surface area contributed by atoms with Gasteiger partial charge in [0.25, 0.3) is 11.8 Å². The highest BCUT2D eigenvalue weighted by Crippen LogP contribution is 2.32. The van der Waals surface area contributed by atoms with Crippen molar-refractivity contribution in [2.24, 2.45) is 0 Å². The van der Waals surface area contributed by atoms with Gasteiger partial charge >= 0.3 is 0 Å². The Morgan fingerprint density at radius 1 is 0.972 bits per heavy atom. The fourth-order valence-electron chi connectivity index (χ4n) is 4.24. The van der Waals surface area contributed by atoms with Crippen LogP contribution in [0.4, 0.5) is 5.69 Å². The van der Waals surface area contributed by atoms with Crippen molar-refractivity contribution in [3.8, 4) is 17.1 Å². The summed E-state index contributed by atoms with van der Waals surface area (Å²) >= 11 is 12.1. The van der Waals surface area contributed by atoms with Gasteiger partial charge < -0.3 is 19.4 Å². The summed E-state index contributed by atoms with van der Waals surface area (Å²) in [6, 6.07) is 21.4. The van der Waals surface area contributed by atoms with Crippen LogP contribution >= 0.6 is 23.2 Å². The van der Waals surface area contributed by atoms with Crippen LogP contribution in [-0.2, 0) is 13.0 Å². The van der Waals surface area contributed by atoms with E-state index in [1.165, 1.54) is 7.11 Å². The number of rotatable bonds is 5. The van der Waals surface area contributed by atoms with E-state index in [1.54, 1.807) is 41.3 Å². The van der Waals surface area contributed by atoms with Gasteiger partial charge in [0.2, 0.25) is 0 Å². The third-order valence-electron chi connectivity index (χ3n) is 6.08. The van der Waals surface area contributed by atoms with Crippen molar-refractivity contribution in [3.63, 3.8) is 0 Å². The molecule has 5 rings (SSSR count). The van der Waals surface area contributed by atoms with Crippen LogP contribution < -0.4 is 10.1 Å². The zero-order valence-electron chi connectivity index (χ0n) is 19.4. The lowest BCUT2D eigenvalue weighted by Crippen LogP contribution is -2.35. The van der Waals surface area contributed by atoms with E-state index in [1.807, 2.05) is 36.4 Å². The van der Waals surface area contributed by atoms with Crippen LogP contribution in [0.15, 0.2) is 77.2 Å². The molecule has 0 bridgehead atoms. The highest BCUT2D eigenvalue weighted by molar-refractivity contribution is 6.42. The van der Waals surface area contributed by atoms with Crippen LogP contribution in [0.5, 0.6) is 5.75 Å². The molecule has 1 aromatic heterocycles. The zero-order chi connectivity index (χ0) is 25.2. The predicted molar refractivity (Wildman–Crippen MR) is 140 cm³/mol. The lowest BCUT2D eigenvalue weighted by molar-refractivity contribution is 0.0730. The van der Waals surface area contributed by atoms with Gasteiger partial charge in [-0.2, -0.15) is 0 Å². The molecule has 2 heterocycles. The van der Waals surface area contributed by atoms with Crippen LogP contribution in [0.3, 0.4) is 0 Å². The van der Waals surface area contributed by atoms with Crippen molar-refractivity contribution in [3.05, 3.63) is 105 Å². The molecule has 36 heavy (non-hydrogen) atoms. The van der Waals surface area contributed by atoms with E-state index < -0.39 is 0 Å². The maximum Gasteiger partial charge on any atom is 0.259 e. The first-order chi connectivity index (χ1) is 17.4. The second kappa shape index (κ2) is 10.1. The van der Waals surface area contributed by atoms with E-state index in [9.17, 15) is 9.59 Å². The quantitative estimate of drug-likeness (QED) is 0.317. The number of anilines is 1. The van der Waals surface area contributed by atoms with Gasteiger partial charge in [-0.05, 0) is 48.5 Å². The number of amides is 2. The van der Waals surface area contributed by atoms with Gasteiger partial charge in [0.1, 0.15) is 17.3 Å². The molecule has 0 fully saturated rings. The smallest absolute Gasteiger partial charge is 0.259 e. The monoisotopic (exact) mass is 520 g/mol. The van der Waals surface area contributed by atoms with Gasteiger partial charge in [-0.3, -0.25) is 9.59 Å². The molecule has 0 unspecified atom stereocenters. The average Bonchev–Trinajstić information content (AvgIpc) is 3.33. The largest absolute Gasteiger partial charge is 0.496 e. The standard InChI is InChI=1S/C28H22Cl2N2O4/c1-35-25-8-3-2-7-21(25)27(33)31-20-6-4-5-17(13-20)26-15-19-16-32(12-11-24(19)36-26)28(34)18-9-10-22(29)23(30)14-18/h2-10,13-15H,11-12,16H2,1H3,(H,31,33). The fourth-order valence-corrected chi connectivity index (χ4v) is 4.54. The zero-order valence-corrected chi connectivity index (χ0v) is 20.9. The maximum absolute atomic E-state index is 13.0. The van der Waals surface area contributed by atoms with Crippen LogP contribution in [0.2, 0.25) is 10.0 Å². The third-order valence-corrected chi connectivity index (χ3v) is 6.82. The molecule has 0 saturated carbocycles. The minimum absolute atomic E-state index is 0.108. The Morgan fingerprint density at radius 3 is 2.61 bits per heavy atom. The molecule has 4 aromatic rings. The lowest BCUT2D eigenvalue weighted by Gasteiger charge is -2.26. The first-order valence-corrected chi connectivity index (χ1v) is 12.1. The molecule has 0 atom stereocenters. The van der Waals surface area contributed by atoms with Gasteiger partial charge in [0.05, 0.1) is 22.7 Å². The van der Waals surface area contributed by atoms with Crippen LogP contribution in [0, 0.1) is 0 Å². The van der Waals surface area contributed by atoms with E-state index in [-0.39, 0.29) is 11.8 Å². The highest BCUT2D eigenvalue weighted by atomic mass is 35.5. The summed E-state index contributed by atoms with van der Waals surface area (Å²) in [5, 5.41) is 3.68. The summed E-state index contributed by atoms with van der Waals surface area (Å²) in [6.45, 7) is 0.968. The van der Waals surface area contributed by atoms with E-state index in [0.717, 1.165) is 16.9 Å². The average molecular weight is 521 g/mol. The molecule has 182 valence electrons. The molecule has 0 aliphatic carbocycles. The van der Waals surface area contributed by atoms with E-state index in [2.05, 4.69) is 5.32 Å². The molecule has 8 heteroatoms. The molecule has 6 nitrogen and oxygen atoms in total. The number of nitrogens with zero attached hydrogens (tertiary/aromatic N) is 1. The second-order valence-corrected chi connectivity index (χ2v) is 9.21. The van der Waals surface area contributed by atoms with Crippen molar-refractivity contribution < 1.29 is 18.7 Å². The molecule has 0 radical (unpaired) electrons. The number of hydrogen-bond donors (Lipinski definition) is 1. The Hall–Kier alpha value is -3.74. The molecule has 3 aromatic carbocycles. The summed E-state index contributed by atoms with van der Waals surface area (Å²) < 4.78 is 11.4. The molecule has 2 amide bonds. The Balaban J connectivity index is 1.33. The molecule has 0 spiro atoms. The summed E-state index contributed by atoms with van der Waals surface area (Å²) in [7, 11) is 1.53. The van der Waals surface area contributed by atoms with Crippen molar-refractivity contribution >= 4 is 40.7 Å². The summed E-state index contributed by atoms with van der Waals surface area (Å²) in [4.78, 5) is 27.6. The van der Waals surface area contributed by atoms with Gasteiger partial charge in [-0.25, -0.2) is 0 Å². The molecule has 1 aliphatic heterocycles. The predicted octanol–water partition coefficient (Wildman–Crippen LogP) is 6.71. The lowest BCUT2D eigenvalue weighted by atomic mass is 10.1. The van der Waals surface area contributed by atoms with E-state index in [0.29, 0.717) is 57.9 Å². The number of carbonyl (C=O) groups excluding carboxylic acids is 2. The topological polar surface area (TPSA) is 71.8 Å². The SMILES string of the molecule is COc1ccccc1C(=O)Nc1cccc(-c2cc3c(o2)CCN(C(=O)c2ccc(Cl)c(Cl)c2)C3)c1. The Labute approximate surface area is 218 Å². The number of benzene rings is 3. The number of hydrogen-bond acceptors (Lipinski definition) is 4. The first-order valence-electron chi connectivity index (χ1n) is 11.3. The second-order valence-electron chi connectivity index (χ2n) is 8.40. The first kappa shape index (κ1) is 24.0. The van der Waals surface area contributed by atoms with Gasteiger partial charge in [-0.15, -0.1) is 0 Å². The van der Waals surface area contributed by atoms with Crippen LogP contribution in [0.25, 0.3) is 11.3 Å². The summed E-state index contributed by atoms with van der Waals surface area (Å²) in [5.74, 6) is 1.66. The van der Waals surface area contributed by atoms with Crippen molar-refractivity contribution in [1.82, 2.24) is 4.90 Å². The Kier molecular flexibility index (Phi) is 6.72. The fraction of sp³-hybridized carbons (Fsp3) is 0.143. The molecule has 1 N–H and O–H groups in total. The number of furan rings is 1. The number of carbonyl (C=O) groups is 2. The Bertz CT molecular complexity index is 1460. The van der Waals surface area contributed by atoms with Gasteiger partial charge in [-0.1, -0.05) is 47.5 Å². The minimum atomic E-state index is -0.264. The van der Waals surface area contributed by atoms with Gasteiger partial charge in [0.15, 0.2) is 0 Å². The summed E-state index contributed by atoms with van der Waals surface area (Å²) in [5.41, 5.74) is 3.35. The normalized spacial score (nSPS) is 12.7. The molecule has 1 aliphatic rings. The van der Waals surface area contributed by atoms with E-state index >= 15 is 0 Å². The maximum atomic E-state index is 13.0. The van der Waals surface area contributed by atoms with Crippen molar-refractivity contribution in [2.75, 3.05) is 19.0 Å². The van der Waals surface area contributed by atoms with Crippen molar-refractivity contribution in [1.29, 1.82) is 0 Å². The molecular formula is C28H22Cl2N2O4. The Morgan fingerprint density at radius 2 is 1.81 bits per heavy atom. The third kappa shape index (κ3) is 4.83. The van der Waals surface area contributed by atoms with Crippen LogP contribution in [-0.4, -0.2) is 30.4 Å². The summed E-state index contributed by atoms with van der Waals surface area (Å²) in [6.07, 6.45) is 0.604. The minimum Gasteiger partial charge on any atom is -0.496 e. The van der Waals surface area contributed by atoms with E-state index in [4.69, 9.17) is 32.4 Å². The van der Waals surface area contributed by atoms with Crippen LogP contribution in [0.1, 0.15) is 32.0 Å². The number of para-hydroxylation sites is 1. The number of fused-ring (bicyclic) bond motifs is 1. The molecule has 0 saturated heterocycles. The molecular weight excluding hydrogens is 499 g/mol. The number of ether oxygens (including phenoxy) is 1. The number of halogens is 2.